The number of nitrogens with zero attached hydrogens (tertiary/aromatic N) is 2. The first-order valence-corrected chi connectivity index (χ1v) is 7.46. The van der Waals surface area contributed by atoms with Crippen LogP contribution in [0.5, 0.6) is 0 Å². The summed E-state index contributed by atoms with van der Waals surface area (Å²) in [4.78, 5) is 17.6. The Kier molecular flexibility index (Phi) is 3.89. The van der Waals surface area contributed by atoms with Crippen molar-refractivity contribution in [2.24, 2.45) is 0 Å². The number of rotatable bonds is 1. The van der Waals surface area contributed by atoms with E-state index >= 15 is 0 Å². The number of anilines is 1. The highest BCUT2D eigenvalue weighted by Crippen LogP contribution is 2.32. The maximum atomic E-state index is 11.8. The van der Waals surface area contributed by atoms with Crippen LogP contribution in [-0.2, 0) is 9.53 Å². The van der Waals surface area contributed by atoms with Crippen molar-refractivity contribution in [2.45, 2.75) is 19.4 Å². The van der Waals surface area contributed by atoms with Gasteiger partial charge in [0.25, 0.3) is 5.91 Å². The van der Waals surface area contributed by atoms with Crippen molar-refractivity contribution in [3.05, 3.63) is 48.2 Å². The molecule has 1 amide bonds. The Labute approximate surface area is 136 Å². The van der Waals surface area contributed by atoms with Crippen LogP contribution in [0.25, 0.3) is 11.1 Å². The lowest BCUT2D eigenvalue weighted by molar-refractivity contribution is -0.135. The number of pyridine rings is 1. The first kappa shape index (κ1) is 15.3. The summed E-state index contributed by atoms with van der Waals surface area (Å²) in [6, 6.07) is 12.0. The van der Waals surface area contributed by atoms with Gasteiger partial charge in [0.05, 0.1) is 17.7 Å². The number of aromatic nitrogens is 1. The third-order valence-electron chi connectivity index (χ3n) is 3.74. The molecule has 1 fully saturated rings. The molecule has 0 bridgehead atoms. The average Bonchev–Trinajstić information content (AvgIpc) is 3.16. The number of hydrogen-bond acceptors (Lipinski definition) is 3. The van der Waals surface area contributed by atoms with Crippen LogP contribution < -0.4 is 4.90 Å². The van der Waals surface area contributed by atoms with E-state index in [9.17, 15) is 4.79 Å². The summed E-state index contributed by atoms with van der Waals surface area (Å²) in [6.45, 7) is 4.39. The Hall–Kier alpha value is -2.64. The standard InChI is InChI=1S/C13H14N2O2.C6H4/c1-4-10-6-5-7-14-12(10)15-9-13(2,3)17-8-11(15)16;1-2-5-4-6(5)3-1/h1,5-7H,8-9H2,2-3H3;1-4H. The Morgan fingerprint density at radius 3 is 2.57 bits per heavy atom. The molecule has 116 valence electrons. The van der Waals surface area contributed by atoms with Crippen molar-refractivity contribution in [1.82, 2.24) is 4.98 Å². The Morgan fingerprint density at radius 2 is 2.00 bits per heavy atom. The summed E-state index contributed by atoms with van der Waals surface area (Å²) in [7, 11) is 0. The van der Waals surface area contributed by atoms with E-state index in [1.54, 1.807) is 23.2 Å². The van der Waals surface area contributed by atoms with E-state index in [2.05, 4.69) is 35.2 Å². The molecule has 1 saturated heterocycles. The van der Waals surface area contributed by atoms with Gasteiger partial charge in [-0.25, -0.2) is 4.98 Å². The zero-order valence-electron chi connectivity index (χ0n) is 13.2. The third-order valence-corrected chi connectivity index (χ3v) is 3.74. The van der Waals surface area contributed by atoms with Gasteiger partial charge >= 0.3 is 0 Å². The van der Waals surface area contributed by atoms with Gasteiger partial charge in [0, 0.05) is 6.20 Å². The third kappa shape index (κ3) is 3.41. The molecule has 1 aromatic rings. The molecule has 0 radical (unpaired) electrons. The lowest BCUT2D eigenvalue weighted by Crippen LogP contribution is -2.52. The van der Waals surface area contributed by atoms with Gasteiger partial charge in [-0.15, -0.1) is 6.42 Å². The average molecular weight is 306 g/mol. The summed E-state index contributed by atoms with van der Waals surface area (Å²) in [5.41, 5.74) is 3.10. The largest absolute Gasteiger partial charge is 0.364 e. The van der Waals surface area contributed by atoms with E-state index in [4.69, 9.17) is 11.2 Å². The fraction of sp³-hybridized carbons (Fsp3) is 0.263. The van der Waals surface area contributed by atoms with Gasteiger partial charge in [0.2, 0.25) is 0 Å². The molecule has 3 aliphatic rings. The van der Waals surface area contributed by atoms with Crippen LogP contribution in [0.4, 0.5) is 5.82 Å². The van der Waals surface area contributed by atoms with Crippen molar-refractivity contribution in [3.8, 4) is 23.5 Å². The summed E-state index contributed by atoms with van der Waals surface area (Å²) in [5.74, 6) is 2.97. The Balaban J connectivity index is 0.000000213. The SMILES string of the molecule is C#Cc1cccnc1N1CC(C)(C)OCC1=O.c1cc2cc-2c1. The highest BCUT2D eigenvalue weighted by molar-refractivity contribution is 5.95. The molecule has 4 heteroatoms. The van der Waals surface area contributed by atoms with Crippen LogP contribution in [0.1, 0.15) is 19.4 Å². The van der Waals surface area contributed by atoms with Crippen molar-refractivity contribution in [1.29, 1.82) is 0 Å². The van der Waals surface area contributed by atoms with Crippen LogP contribution in [-0.4, -0.2) is 29.6 Å². The van der Waals surface area contributed by atoms with E-state index in [0.717, 1.165) is 0 Å². The molecule has 4 rings (SSSR count). The number of carbonyl (C=O) groups is 1. The summed E-state index contributed by atoms with van der Waals surface area (Å²) in [5, 5.41) is 0. The van der Waals surface area contributed by atoms with Crippen molar-refractivity contribution in [3.63, 3.8) is 0 Å². The monoisotopic (exact) mass is 306 g/mol. The van der Waals surface area contributed by atoms with Gasteiger partial charge in [-0.1, -0.05) is 24.1 Å². The highest BCUT2D eigenvalue weighted by Gasteiger charge is 2.34. The molecule has 0 spiro atoms. The van der Waals surface area contributed by atoms with Gasteiger partial charge in [0.1, 0.15) is 6.61 Å². The molecule has 0 unspecified atom stereocenters. The van der Waals surface area contributed by atoms with Crippen LogP contribution >= 0.6 is 0 Å². The number of morpholine rings is 1. The zero-order chi connectivity index (χ0) is 16.4. The van der Waals surface area contributed by atoms with Crippen LogP contribution in [0, 0.1) is 12.3 Å². The van der Waals surface area contributed by atoms with Gasteiger partial charge in [-0.2, -0.15) is 0 Å². The normalized spacial score (nSPS) is 16.9. The van der Waals surface area contributed by atoms with E-state index in [1.165, 1.54) is 11.1 Å². The molecule has 1 aliphatic heterocycles. The lowest BCUT2D eigenvalue weighted by atomic mass is 10.1. The molecule has 1 aromatic heterocycles. The minimum Gasteiger partial charge on any atom is -0.364 e. The molecule has 0 N–H and O–H groups in total. The van der Waals surface area contributed by atoms with Crippen molar-refractivity contribution >= 4 is 11.7 Å². The molecular formula is C19H18N2O2. The number of carbonyl (C=O) groups excluding carboxylic acids is 1. The second-order valence-electron chi connectivity index (χ2n) is 6.13. The summed E-state index contributed by atoms with van der Waals surface area (Å²) in [6.07, 6.45) is 7.04. The topological polar surface area (TPSA) is 42.4 Å². The first-order chi connectivity index (χ1) is 11.0. The minimum absolute atomic E-state index is 0.0631. The number of benzene rings is 1. The van der Waals surface area contributed by atoms with Gasteiger partial charge < -0.3 is 4.74 Å². The molecule has 0 aromatic carbocycles. The van der Waals surface area contributed by atoms with E-state index < -0.39 is 0 Å². The predicted octanol–water partition coefficient (Wildman–Crippen LogP) is 2.87. The van der Waals surface area contributed by atoms with Crippen molar-refractivity contribution in [2.75, 3.05) is 18.1 Å². The Bertz CT molecular complexity index is 773. The fourth-order valence-corrected chi connectivity index (χ4v) is 2.44. The molecule has 4 nitrogen and oxygen atoms in total. The second kappa shape index (κ2) is 5.86. The minimum atomic E-state index is -0.378. The predicted molar refractivity (Wildman–Crippen MR) is 90.0 cm³/mol. The maximum Gasteiger partial charge on any atom is 0.254 e. The number of amides is 1. The number of hydrogen-bond donors (Lipinski definition) is 0. The number of fused-ring (bicyclic) bond motifs is 1. The first-order valence-electron chi connectivity index (χ1n) is 7.46. The summed E-state index contributed by atoms with van der Waals surface area (Å²) < 4.78 is 5.43. The van der Waals surface area contributed by atoms with E-state index in [0.29, 0.717) is 17.9 Å². The lowest BCUT2D eigenvalue weighted by Gasteiger charge is -2.37. The smallest absolute Gasteiger partial charge is 0.254 e. The molecule has 2 aliphatic carbocycles. The fourth-order valence-electron chi connectivity index (χ4n) is 2.44. The van der Waals surface area contributed by atoms with Crippen LogP contribution in [0.2, 0.25) is 0 Å². The highest BCUT2D eigenvalue weighted by atomic mass is 16.5. The number of ether oxygens (including phenoxy) is 1. The van der Waals surface area contributed by atoms with Crippen molar-refractivity contribution < 1.29 is 9.53 Å². The maximum absolute atomic E-state index is 11.8. The molecule has 0 saturated carbocycles. The van der Waals surface area contributed by atoms with Gasteiger partial charge in [-0.05, 0) is 43.2 Å². The van der Waals surface area contributed by atoms with E-state index in [-0.39, 0.29) is 18.1 Å². The van der Waals surface area contributed by atoms with Gasteiger partial charge in [-0.3, -0.25) is 9.69 Å². The number of terminal acetylenes is 1. The van der Waals surface area contributed by atoms with Gasteiger partial charge in [0.15, 0.2) is 5.82 Å². The summed E-state index contributed by atoms with van der Waals surface area (Å²) >= 11 is 0. The van der Waals surface area contributed by atoms with Crippen LogP contribution in [0.3, 0.4) is 0 Å². The quantitative estimate of drug-likeness (QED) is 0.649. The molecule has 0 atom stereocenters. The van der Waals surface area contributed by atoms with Crippen LogP contribution in [0.15, 0.2) is 42.6 Å². The Morgan fingerprint density at radius 1 is 1.26 bits per heavy atom. The second-order valence-corrected chi connectivity index (χ2v) is 6.13. The molecular weight excluding hydrogens is 288 g/mol. The molecule has 2 heterocycles. The zero-order valence-corrected chi connectivity index (χ0v) is 13.2. The van der Waals surface area contributed by atoms with E-state index in [1.807, 2.05) is 13.8 Å². The molecule has 23 heavy (non-hydrogen) atoms.